The Bertz CT molecular complexity index is 1290. The van der Waals surface area contributed by atoms with Crippen LogP contribution < -0.4 is 5.32 Å². The van der Waals surface area contributed by atoms with Crippen molar-refractivity contribution in [1.29, 1.82) is 0 Å². The largest absolute Gasteiger partial charge is 0.355 e. The average Bonchev–Trinajstić information content (AvgIpc) is 3.26. The molecule has 1 saturated heterocycles. The van der Waals surface area contributed by atoms with Gasteiger partial charge in [0.05, 0.1) is 5.56 Å². The number of rotatable bonds is 4. The summed E-state index contributed by atoms with van der Waals surface area (Å²) in [5, 5.41) is 16.0. The second kappa shape index (κ2) is 8.37. The van der Waals surface area contributed by atoms with Crippen LogP contribution in [0.5, 0.6) is 0 Å². The van der Waals surface area contributed by atoms with Crippen molar-refractivity contribution in [2.24, 2.45) is 7.05 Å². The van der Waals surface area contributed by atoms with Crippen molar-refractivity contribution in [3.05, 3.63) is 66.0 Å². The first-order chi connectivity index (χ1) is 15.6. The van der Waals surface area contributed by atoms with Crippen LogP contribution in [0.1, 0.15) is 29.6 Å². The Morgan fingerprint density at radius 1 is 1.03 bits per heavy atom. The van der Waals surface area contributed by atoms with Crippen molar-refractivity contribution < 1.29 is 9.18 Å². The van der Waals surface area contributed by atoms with Gasteiger partial charge in [-0.1, -0.05) is 24.3 Å². The van der Waals surface area contributed by atoms with E-state index in [1.165, 1.54) is 6.07 Å². The van der Waals surface area contributed by atoms with E-state index in [1.807, 2.05) is 41.3 Å². The van der Waals surface area contributed by atoms with Gasteiger partial charge in [-0.25, -0.2) is 9.07 Å². The minimum Gasteiger partial charge on any atom is -0.355 e. The minimum absolute atomic E-state index is 0.108. The molecule has 5 rings (SSSR count). The van der Waals surface area contributed by atoms with Crippen molar-refractivity contribution in [2.75, 3.05) is 18.4 Å². The molecule has 1 fully saturated rings. The molecule has 4 aromatic rings. The highest BCUT2D eigenvalue weighted by molar-refractivity contribution is 6.11. The van der Waals surface area contributed by atoms with Crippen LogP contribution in [-0.2, 0) is 7.05 Å². The molecule has 2 heterocycles. The normalized spacial score (nSPS) is 14.0. The minimum atomic E-state index is -0.398. The topological polar surface area (TPSA) is 75.9 Å². The summed E-state index contributed by atoms with van der Waals surface area (Å²) in [6.45, 7) is 1.44. The number of carbonyl (C=O) groups is 1. The summed E-state index contributed by atoms with van der Waals surface area (Å²) in [6.07, 6.45) is 3.11. The van der Waals surface area contributed by atoms with Crippen LogP contribution in [-0.4, -0.2) is 44.1 Å². The first-order valence-electron chi connectivity index (χ1n) is 10.7. The summed E-state index contributed by atoms with van der Waals surface area (Å²) >= 11 is 0. The zero-order valence-electron chi connectivity index (χ0n) is 17.8. The summed E-state index contributed by atoms with van der Waals surface area (Å²) in [6, 6.07) is 16.2. The predicted octanol–water partition coefficient (Wildman–Crippen LogP) is 4.54. The molecular formula is C24H23FN6O. The van der Waals surface area contributed by atoms with Crippen LogP contribution in [0.15, 0.2) is 54.6 Å². The van der Waals surface area contributed by atoms with Gasteiger partial charge < -0.3 is 10.2 Å². The lowest BCUT2D eigenvalue weighted by Crippen LogP contribution is -2.35. The quantitative estimate of drug-likeness (QED) is 0.514. The van der Waals surface area contributed by atoms with E-state index in [4.69, 9.17) is 0 Å². The van der Waals surface area contributed by atoms with Gasteiger partial charge in [-0.3, -0.25) is 4.79 Å². The fourth-order valence-corrected chi connectivity index (χ4v) is 4.28. The Morgan fingerprint density at radius 3 is 2.62 bits per heavy atom. The van der Waals surface area contributed by atoms with Gasteiger partial charge >= 0.3 is 0 Å². The van der Waals surface area contributed by atoms with E-state index in [1.54, 1.807) is 23.9 Å². The van der Waals surface area contributed by atoms with Crippen LogP contribution in [0.4, 0.5) is 15.8 Å². The number of carbonyl (C=O) groups excluding carboxylic acids is 1. The van der Waals surface area contributed by atoms with E-state index in [0.29, 0.717) is 22.2 Å². The number of anilines is 2. The van der Waals surface area contributed by atoms with Gasteiger partial charge in [-0.15, -0.1) is 5.10 Å². The fourth-order valence-electron chi connectivity index (χ4n) is 4.28. The third kappa shape index (κ3) is 3.68. The van der Waals surface area contributed by atoms with E-state index in [-0.39, 0.29) is 5.91 Å². The molecule has 3 aromatic carbocycles. The predicted molar refractivity (Wildman–Crippen MR) is 121 cm³/mol. The number of fused-ring (bicyclic) bond motifs is 1. The van der Waals surface area contributed by atoms with Crippen molar-refractivity contribution >= 4 is 28.1 Å². The number of amides is 1. The maximum Gasteiger partial charge on any atom is 0.254 e. The first kappa shape index (κ1) is 20.1. The average molecular weight is 430 g/mol. The monoisotopic (exact) mass is 430 g/mol. The molecule has 1 aliphatic rings. The summed E-state index contributed by atoms with van der Waals surface area (Å²) in [4.78, 5) is 15.0. The van der Waals surface area contributed by atoms with Crippen LogP contribution in [0.2, 0.25) is 0 Å². The molecule has 1 aliphatic heterocycles. The van der Waals surface area contributed by atoms with E-state index < -0.39 is 5.82 Å². The molecule has 0 radical (unpaired) electrons. The lowest BCUT2D eigenvalue weighted by molar-refractivity contribution is 0.0726. The Kier molecular flexibility index (Phi) is 5.26. The molecular weight excluding hydrogens is 407 g/mol. The molecule has 1 aromatic heterocycles. The molecule has 32 heavy (non-hydrogen) atoms. The van der Waals surface area contributed by atoms with Gasteiger partial charge in [0.15, 0.2) is 5.82 Å². The third-order valence-corrected chi connectivity index (χ3v) is 5.88. The summed E-state index contributed by atoms with van der Waals surface area (Å²) in [5.41, 5.74) is 2.80. The molecule has 0 saturated carbocycles. The van der Waals surface area contributed by atoms with E-state index in [2.05, 4.69) is 20.8 Å². The molecule has 0 spiro atoms. The van der Waals surface area contributed by atoms with Crippen LogP contribution in [0, 0.1) is 5.82 Å². The fraction of sp³-hybridized carbons (Fsp3) is 0.250. The highest BCUT2D eigenvalue weighted by atomic mass is 19.1. The van der Waals surface area contributed by atoms with Crippen molar-refractivity contribution in [2.45, 2.75) is 19.3 Å². The van der Waals surface area contributed by atoms with Crippen molar-refractivity contribution in [3.8, 4) is 11.4 Å². The van der Waals surface area contributed by atoms with E-state index in [9.17, 15) is 9.18 Å². The number of tetrazole rings is 1. The van der Waals surface area contributed by atoms with Gasteiger partial charge in [0.1, 0.15) is 5.82 Å². The number of benzene rings is 3. The molecule has 162 valence electrons. The van der Waals surface area contributed by atoms with Gasteiger partial charge in [-0.05, 0) is 60.0 Å². The van der Waals surface area contributed by atoms with E-state index >= 15 is 0 Å². The third-order valence-electron chi connectivity index (χ3n) is 5.88. The maximum absolute atomic E-state index is 15.0. The number of halogens is 1. The summed E-state index contributed by atoms with van der Waals surface area (Å²) < 4.78 is 16.6. The van der Waals surface area contributed by atoms with Crippen LogP contribution in [0.25, 0.3) is 22.2 Å². The zero-order chi connectivity index (χ0) is 22.1. The number of hydrogen-bond donors (Lipinski definition) is 1. The number of hydrogen-bond acceptors (Lipinski definition) is 5. The number of piperidine rings is 1. The second-order valence-corrected chi connectivity index (χ2v) is 8.01. The number of aromatic nitrogens is 4. The molecule has 1 N–H and O–H groups in total. The molecule has 0 aliphatic carbocycles. The van der Waals surface area contributed by atoms with Gasteiger partial charge in [0.2, 0.25) is 0 Å². The van der Waals surface area contributed by atoms with Crippen molar-refractivity contribution in [1.82, 2.24) is 25.1 Å². The second-order valence-electron chi connectivity index (χ2n) is 8.01. The van der Waals surface area contributed by atoms with Gasteiger partial charge in [-0.2, -0.15) is 0 Å². The number of aryl methyl sites for hydroxylation is 1. The molecule has 0 unspecified atom stereocenters. The molecule has 0 atom stereocenters. The number of likely N-dealkylation sites (tertiary alicyclic amines) is 1. The first-order valence-corrected chi connectivity index (χ1v) is 10.7. The lowest BCUT2D eigenvalue weighted by Gasteiger charge is -2.27. The Balaban J connectivity index is 1.53. The Morgan fingerprint density at radius 2 is 1.84 bits per heavy atom. The van der Waals surface area contributed by atoms with Crippen LogP contribution in [0.3, 0.4) is 0 Å². The standard InChI is InChI=1S/C24H23FN6O/c1-30-23(27-28-29-30)16-7-5-8-17(15-16)26-21-12-11-19(22-18(21)9-6-10-20(22)25)24(32)31-13-3-2-4-14-31/h5-12,15,26H,2-4,13-14H2,1H3. The van der Waals surface area contributed by atoms with E-state index in [0.717, 1.165) is 49.3 Å². The Labute approximate surface area is 184 Å². The van der Waals surface area contributed by atoms with Crippen molar-refractivity contribution in [3.63, 3.8) is 0 Å². The number of nitrogens with zero attached hydrogens (tertiary/aromatic N) is 5. The smallest absolute Gasteiger partial charge is 0.254 e. The maximum atomic E-state index is 15.0. The molecule has 0 bridgehead atoms. The number of nitrogens with one attached hydrogen (secondary N) is 1. The SMILES string of the molecule is Cn1nnnc1-c1cccc(Nc2ccc(C(=O)N3CCCCC3)c3c(F)cccc23)c1. The lowest BCUT2D eigenvalue weighted by atomic mass is 10.00. The summed E-state index contributed by atoms with van der Waals surface area (Å²) in [5.74, 6) is 0.139. The highest BCUT2D eigenvalue weighted by Gasteiger charge is 2.22. The molecule has 1 amide bonds. The molecule has 7 nitrogen and oxygen atoms in total. The molecule has 8 heteroatoms. The van der Waals surface area contributed by atoms with Gasteiger partial charge in [0, 0.05) is 47.8 Å². The van der Waals surface area contributed by atoms with Crippen LogP contribution >= 0.6 is 0 Å². The highest BCUT2D eigenvalue weighted by Crippen LogP contribution is 2.33. The zero-order valence-corrected chi connectivity index (χ0v) is 17.8. The Hall–Kier alpha value is -3.81. The van der Waals surface area contributed by atoms with Gasteiger partial charge in [0.25, 0.3) is 5.91 Å². The summed E-state index contributed by atoms with van der Waals surface area (Å²) in [7, 11) is 1.78.